The molecule has 0 atom stereocenters. The Morgan fingerprint density at radius 3 is 1.77 bits per heavy atom. The molecule has 76 valence electrons. The number of carbonyl (C=O) groups is 1. The van der Waals surface area contributed by atoms with Gasteiger partial charge < -0.3 is 9.64 Å². The quantitative estimate of drug-likeness (QED) is 0.556. The number of ether oxygens (including phenoxy) is 1. The van der Waals surface area contributed by atoms with Crippen LogP contribution in [-0.2, 0) is 35.7 Å². The minimum absolute atomic E-state index is 0. The van der Waals surface area contributed by atoms with E-state index in [0.717, 1.165) is 6.08 Å². The van der Waals surface area contributed by atoms with Crippen molar-refractivity contribution in [3.63, 3.8) is 0 Å². The third-order valence-corrected chi connectivity index (χ3v) is 0.519. The average Bonchev–Trinajstić information content (AvgIpc) is 1.84. The Bertz CT molecular complexity index is 133. The SMILES string of the molecule is C=CC(=O)OC(C)C.CN(C)C.[Zr]. The zero-order chi connectivity index (χ0) is 10.1. The molecule has 0 amide bonds. The molecule has 0 fully saturated rings. The van der Waals surface area contributed by atoms with Crippen molar-refractivity contribution in [3.8, 4) is 0 Å². The third-order valence-electron chi connectivity index (χ3n) is 0.519. The van der Waals surface area contributed by atoms with E-state index in [-0.39, 0.29) is 38.3 Å². The van der Waals surface area contributed by atoms with Crippen LogP contribution >= 0.6 is 0 Å². The molecule has 0 N–H and O–H groups in total. The zero-order valence-corrected chi connectivity index (χ0v) is 11.6. The molecule has 0 aliphatic carbocycles. The Hall–Kier alpha value is 0.0531. The van der Waals surface area contributed by atoms with Crippen molar-refractivity contribution in [2.45, 2.75) is 20.0 Å². The number of carbonyl (C=O) groups excluding carboxylic acids is 1. The van der Waals surface area contributed by atoms with E-state index < -0.39 is 0 Å². The molecule has 3 nitrogen and oxygen atoms in total. The van der Waals surface area contributed by atoms with Crippen LogP contribution in [0.1, 0.15) is 13.8 Å². The van der Waals surface area contributed by atoms with E-state index in [0.29, 0.717) is 0 Å². The van der Waals surface area contributed by atoms with Crippen LogP contribution in [0.4, 0.5) is 0 Å². The number of rotatable bonds is 2. The largest absolute Gasteiger partial charge is 0.460 e. The van der Waals surface area contributed by atoms with Crippen molar-refractivity contribution in [1.82, 2.24) is 4.90 Å². The van der Waals surface area contributed by atoms with Crippen LogP contribution in [0.5, 0.6) is 0 Å². The molecule has 0 aliphatic heterocycles. The Morgan fingerprint density at radius 1 is 1.38 bits per heavy atom. The van der Waals surface area contributed by atoms with Crippen LogP contribution in [0, 0.1) is 0 Å². The third kappa shape index (κ3) is 33.2. The molecule has 0 aromatic rings. The maximum atomic E-state index is 10.3. The van der Waals surface area contributed by atoms with Gasteiger partial charge >= 0.3 is 5.97 Å². The van der Waals surface area contributed by atoms with Gasteiger partial charge in [-0.1, -0.05) is 6.58 Å². The molecule has 0 heterocycles. The summed E-state index contributed by atoms with van der Waals surface area (Å²) in [5.41, 5.74) is 0. The Morgan fingerprint density at radius 2 is 1.69 bits per heavy atom. The second-order valence-electron chi connectivity index (χ2n) is 3.03. The first-order valence-corrected chi connectivity index (χ1v) is 3.84. The summed E-state index contributed by atoms with van der Waals surface area (Å²) in [6, 6.07) is 0. The van der Waals surface area contributed by atoms with Crippen LogP contribution in [0.3, 0.4) is 0 Å². The van der Waals surface area contributed by atoms with Crippen molar-refractivity contribution in [1.29, 1.82) is 0 Å². The molecule has 0 bridgehead atoms. The van der Waals surface area contributed by atoms with E-state index in [4.69, 9.17) is 0 Å². The van der Waals surface area contributed by atoms with Crippen molar-refractivity contribution in [3.05, 3.63) is 12.7 Å². The van der Waals surface area contributed by atoms with Gasteiger partial charge in [0.2, 0.25) is 0 Å². The molecule has 0 unspecified atom stereocenters. The van der Waals surface area contributed by atoms with Gasteiger partial charge in [-0.15, -0.1) is 0 Å². The summed E-state index contributed by atoms with van der Waals surface area (Å²) in [4.78, 5) is 12.3. The maximum Gasteiger partial charge on any atom is 0.330 e. The van der Waals surface area contributed by atoms with E-state index >= 15 is 0 Å². The van der Waals surface area contributed by atoms with Gasteiger partial charge in [0.15, 0.2) is 0 Å². The number of nitrogens with zero attached hydrogens (tertiary/aromatic N) is 1. The second kappa shape index (κ2) is 12.1. The Labute approximate surface area is 100 Å². The summed E-state index contributed by atoms with van der Waals surface area (Å²) >= 11 is 0. The molecule has 0 radical (unpaired) electrons. The fraction of sp³-hybridized carbons (Fsp3) is 0.667. The average molecular weight is 264 g/mol. The summed E-state index contributed by atoms with van der Waals surface area (Å²) < 4.78 is 4.64. The minimum Gasteiger partial charge on any atom is -0.460 e. The number of hydrogen-bond acceptors (Lipinski definition) is 3. The normalized spacial score (nSPS) is 8.23. The van der Waals surface area contributed by atoms with Gasteiger partial charge in [0.25, 0.3) is 0 Å². The van der Waals surface area contributed by atoms with E-state index in [9.17, 15) is 4.79 Å². The van der Waals surface area contributed by atoms with Gasteiger partial charge in [-0.05, 0) is 35.0 Å². The van der Waals surface area contributed by atoms with Gasteiger partial charge in [0.05, 0.1) is 6.10 Å². The van der Waals surface area contributed by atoms with Crippen LogP contribution in [-0.4, -0.2) is 38.1 Å². The van der Waals surface area contributed by atoms with Gasteiger partial charge in [-0.2, -0.15) is 0 Å². The van der Waals surface area contributed by atoms with Gasteiger partial charge in [-0.25, -0.2) is 4.79 Å². The standard InChI is InChI=1S/C6H10O2.C3H9N.Zr/c1-4-6(7)8-5(2)3;1-4(2)3;/h4-5H,1H2,2-3H3;1-3H3;. The van der Waals surface area contributed by atoms with Crippen LogP contribution in [0.25, 0.3) is 0 Å². The molecule has 0 aliphatic rings. The van der Waals surface area contributed by atoms with Crippen LogP contribution in [0.2, 0.25) is 0 Å². The predicted molar refractivity (Wildman–Crippen MR) is 51.0 cm³/mol. The van der Waals surface area contributed by atoms with Crippen molar-refractivity contribution in [2.75, 3.05) is 21.1 Å². The molecule has 0 aromatic carbocycles. The molecule has 0 saturated carbocycles. The van der Waals surface area contributed by atoms with Crippen LogP contribution in [0.15, 0.2) is 12.7 Å². The maximum absolute atomic E-state index is 10.3. The molecule has 0 rings (SSSR count). The van der Waals surface area contributed by atoms with E-state index in [1.54, 1.807) is 13.8 Å². The first-order chi connectivity index (χ1) is 5.40. The molecule has 13 heavy (non-hydrogen) atoms. The molecule has 0 saturated heterocycles. The van der Waals surface area contributed by atoms with Gasteiger partial charge in [0, 0.05) is 32.3 Å². The summed E-state index contributed by atoms with van der Waals surface area (Å²) in [5, 5.41) is 0. The smallest absolute Gasteiger partial charge is 0.330 e. The summed E-state index contributed by atoms with van der Waals surface area (Å²) in [6.45, 7) is 6.83. The Kier molecular flexibility index (Phi) is 17.4. The van der Waals surface area contributed by atoms with E-state index in [1.807, 2.05) is 26.0 Å². The summed E-state index contributed by atoms with van der Waals surface area (Å²) in [7, 11) is 6.00. The molecule has 4 heteroatoms. The fourth-order valence-electron chi connectivity index (χ4n) is 0.280. The zero-order valence-electron chi connectivity index (χ0n) is 9.13. The fourth-order valence-corrected chi connectivity index (χ4v) is 0.280. The van der Waals surface area contributed by atoms with E-state index in [2.05, 4.69) is 11.3 Å². The van der Waals surface area contributed by atoms with Crippen molar-refractivity contribution >= 4 is 5.97 Å². The van der Waals surface area contributed by atoms with Crippen molar-refractivity contribution in [2.24, 2.45) is 0 Å². The summed E-state index contributed by atoms with van der Waals surface area (Å²) in [5.74, 6) is -0.361. The first-order valence-electron chi connectivity index (χ1n) is 3.84. The van der Waals surface area contributed by atoms with E-state index in [1.165, 1.54) is 0 Å². The Balaban J connectivity index is -0.000000173. The molecular weight excluding hydrogens is 245 g/mol. The number of hydrogen-bond donors (Lipinski definition) is 0. The molecule has 0 aromatic heterocycles. The topological polar surface area (TPSA) is 29.5 Å². The second-order valence-corrected chi connectivity index (χ2v) is 3.03. The molecular formula is C9H19NO2Zr. The number of esters is 1. The van der Waals surface area contributed by atoms with Crippen molar-refractivity contribution < 1.29 is 35.7 Å². The monoisotopic (exact) mass is 263 g/mol. The minimum atomic E-state index is -0.361. The van der Waals surface area contributed by atoms with Crippen LogP contribution < -0.4 is 0 Å². The van der Waals surface area contributed by atoms with Gasteiger partial charge in [-0.3, -0.25) is 0 Å². The first kappa shape index (κ1) is 18.8. The molecule has 0 spiro atoms. The predicted octanol–water partition coefficient (Wildman–Crippen LogP) is 1.30. The summed E-state index contributed by atoms with van der Waals surface area (Å²) in [6.07, 6.45) is 1.11. The van der Waals surface area contributed by atoms with Gasteiger partial charge in [0.1, 0.15) is 0 Å².